The molecule has 2 aromatic heterocycles. The molecular weight excluding hydrogens is 456 g/mol. The lowest BCUT2D eigenvalue weighted by atomic mass is 10.1. The predicted molar refractivity (Wildman–Crippen MR) is 108 cm³/mol. The summed E-state index contributed by atoms with van der Waals surface area (Å²) in [6, 6.07) is 0.951. The van der Waals surface area contributed by atoms with Crippen LogP contribution in [0.3, 0.4) is 0 Å². The number of nitrogens with one attached hydrogen (secondary N) is 1. The predicted octanol–water partition coefficient (Wildman–Crippen LogP) is 0.921. The fourth-order valence-electron chi connectivity index (χ4n) is 3.14. The summed E-state index contributed by atoms with van der Waals surface area (Å²) in [5, 5.41) is 28.8. The number of hydrogen-bond donors (Lipinski definition) is 5. The number of aliphatic hydroxyl groups excluding tert-OH is 2. The van der Waals surface area contributed by atoms with Crippen molar-refractivity contribution in [3.05, 3.63) is 33.2 Å². The first-order chi connectivity index (χ1) is 14.2. The lowest BCUT2D eigenvalue weighted by Gasteiger charge is -2.28. The Kier molecular flexibility index (Phi) is 6.53. The van der Waals surface area contributed by atoms with E-state index in [2.05, 4.69) is 9.97 Å². The number of halogens is 1. The zero-order chi connectivity index (χ0) is 23.3. The molecule has 0 saturated carbocycles. The van der Waals surface area contributed by atoms with E-state index in [1.54, 1.807) is 0 Å². The third kappa shape index (κ3) is 4.78. The lowest BCUT2D eigenvalue weighted by molar-refractivity contribution is -0.0498. The summed E-state index contributed by atoms with van der Waals surface area (Å²) in [5.41, 5.74) is -0.912. The minimum atomic E-state index is -4.38. The molecule has 0 aromatic carbocycles. The molecule has 1 aliphatic heterocycles. The van der Waals surface area contributed by atoms with Crippen LogP contribution in [0.5, 0.6) is 0 Å². The monoisotopic (exact) mass is 479 g/mol. The molecule has 1 fully saturated rings. The van der Waals surface area contributed by atoms with Crippen molar-refractivity contribution in [3.63, 3.8) is 0 Å². The summed E-state index contributed by atoms with van der Waals surface area (Å²) < 4.78 is 37.6. The summed E-state index contributed by atoms with van der Waals surface area (Å²) >= 11 is 5.16. The van der Waals surface area contributed by atoms with Gasteiger partial charge in [0.1, 0.15) is 17.9 Å². The minimum absolute atomic E-state index is 0.0459. The van der Waals surface area contributed by atoms with Crippen molar-refractivity contribution in [1.29, 1.82) is 0 Å². The van der Waals surface area contributed by atoms with E-state index in [4.69, 9.17) is 21.5 Å². The number of aromatic nitrogens is 3. The van der Waals surface area contributed by atoms with Gasteiger partial charge in [-0.3, -0.25) is 13.9 Å². The zero-order valence-corrected chi connectivity index (χ0v) is 18.5. The van der Waals surface area contributed by atoms with Crippen molar-refractivity contribution in [2.45, 2.75) is 63.2 Å². The number of pyridine rings is 1. The third-order valence-corrected chi connectivity index (χ3v) is 7.23. The molecule has 6 atom stereocenters. The molecule has 3 rings (SSSR count). The van der Waals surface area contributed by atoms with Crippen molar-refractivity contribution in [2.24, 2.45) is 0 Å². The Hall–Kier alpha value is -1.57. The molecule has 2 aromatic rings. The van der Waals surface area contributed by atoms with E-state index in [1.807, 2.05) is 0 Å². The second-order valence-corrected chi connectivity index (χ2v) is 10.6. The van der Waals surface area contributed by atoms with Crippen LogP contribution in [0.15, 0.2) is 17.1 Å². The van der Waals surface area contributed by atoms with E-state index in [-0.39, 0.29) is 22.2 Å². The first-order valence-corrected chi connectivity index (χ1v) is 11.3. The molecule has 11 nitrogen and oxygen atoms in total. The maximum absolute atomic E-state index is 13.6. The highest BCUT2D eigenvalue weighted by Gasteiger charge is 2.46. The Balaban J connectivity index is 1.83. The van der Waals surface area contributed by atoms with Crippen LogP contribution in [-0.2, 0) is 13.8 Å². The van der Waals surface area contributed by atoms with E-state index in [1.165, 1.54) is 17.7 Å². The van der Waals surface area contributed by atoms with Gasteiger partial charge in [-0.25, -0.2) is 9.37 Å². The van der Waals surface area contributed by atoms with Crippen molar-refractivity contribution in [1.82, 2.24) is 14.5 Å². The topological polar surface area (TPSA) is 167 Å². The van der Waals surface area contributed by atoms with Gasteiger partial charge in [0.05, 0.1) is 12.2 Å². The molecule has 0 bridgehead atoms. The Morgan fingerprint density at radius 1 is 1.45 bits per heavy atom. The summed E-state index contributed by atoms with van der Waals surface area (Å²) in [4.78, 5) is 27.5. The standard InChI is InChI=1S/C17H23FN3O8PS/c1-7(29-30(26,27)17(2,3)25)4-10-11(22)12(23)15(28-10)21-6-8-5-9(18)14(24)19-13(8)20-16(21)31/h5-7,10-12,15,22-23,25H,4H2,1-3H3,(H,26,27)(H,19,20,24,31)/t7?,10-,11?,12?,15-/m1/s1. The highest BCUT2D eigenvalue weighted by atomic mass is 32.1. The number of nitrogens with zero attached hydrogens (tertiary/aromatic N) is 2. The van der Waals surface area contributed by atoms with Gasteiger partial charge >= 0.3 is 7.60 Å². The SMILES string of the molecule is CC(C[C@H]1O[C@@H](n2cc3cc(F)c(=O)[nH]c3nc2=S)C(O)C1O)OP(=O)(O)C(C)(C)O. The molecule has 5 N–H and O–H groups in total. The highest BCUT2D eigenvalue weighted by molar-refractivity contribution is 7.71. The highest BCUT2D eigenvalue weighted by Crippen LogP contribution is 2.54. The van der Waals surface area contributed by atoms with Gasteiger partial charge in [-0.15, -0.1) is 0 Å². The number of H-pyrrole nitrogens is 1. The van der Waals surface area contributed by atoms with Crippen LogP contribution in [-0.4, -0.2) is 64.5 Å². The zero-order valence-electron chi connectivity index (χ0n) is 16.8. The number of hydrogen-bond acceptors (Lipinski definition) is 9. The number of fused-ring (bicyclic) bond motifs is 1. The first-order valence-electron chi connectivity index (χ1n) is 9.28. The van der Waals surface area contributed by atoms with Crippen LogP contribution in [0.1, 0.15) is 33.4 Å². The Labute approximate surface area is 180 Å². The Bertz CT molecular complexity index is 1150. The summed E-state index contributed by atoms with van der Waals surface area (Å²) in [5.74, 6) is -1.03. The third-order valence-electron chi connectivity index (χ3n) is 4.90. The maximum Gasteiger partial charge on any atom is 0.359 e. The fraction of sp³-hybridized carbons (Fsp3) is 0.588. The van der Waals surface area contributed by atoms with Gasteiger partial charge in [-0.05, 0) is 39.1 Å². The molecule has 0 spiro atoms. The average Bonchev–Trinajstić information content (AvgIpc) is 2.89. The molecule has 1 aliphatic rings. The smallest absolute Gasteiger partial charge is 0.359 e. The molecule has 172 valence electrons. The number of ether oxygens (including phenoxy) is 1. The van der Waals surface area contributed by atoms with E-state index >= 15 is 0 Å². The number of aromatic amines is 1. The second kappa shape index (κ2) is 8.41. The van der Waals surface area contributed by atoms with Crippen molar-refractivity contribution < 1.29 is 38.4 Å². The summed E-state index contributed by atoms with van der Waals surface area (Å²) in [6.45, 7) is 3.71. The number of rotatable bonds is 6. The van der Waals surface area contributed by atoms with Crippen LogP contribution in [0, 0.1) is 10.6 Å². The van der Waals surface area contributed by atoms with E-state index in [0.717, 1.165) is 19.9 Å². The molecule has 0 aliphatic carbocycles. The molecule has 4 unspecified atom stereocenters. The second-order valence-electron chi connectivity index (χ2n) is 7.89. The van der Waals surface area contributed by atoms with Crippen LogP contribution in [0.2, 0.25) is 0 Å². The summed E-state index contributed by atoms with van der Waals surface area (Å²) in [7, 11) is -4.38. The van der Waals surface area contributed by atoms with E-state index in [0.29, 0.717) is 0 Å². The fourth-order valence-corrected chi connectivity index (χ4v) is 4.22. The summed E-state index contributed by atoms with van der Waals surface area (Å²) in [6.07, 6.45) is -4.75. The molecule has 1 saturated heterocycles. The van der Waals surface area contributed by atoms with Gasteiger partial charge < -0.3 is 34.5 Å². The number of aliphatic hydroxyl groups is 3. The molecular formula is C17H23FN3O8PS. The molecule has 0 radical (unpaired) electrons. The van der Waals surface area contributed by atoms with Crippen molar-refractivity contribution >= 4 is 30.8 Å². The maximum atomic E-state index is 13.6. The van der Waals surface area contributed by atoms with Crippen LogP contribution >= 0.6 is 19.8 Å². The molecule has 31 heavy (non-hydrogen) atoms. The average molecular weight is 479 g/mol. The van der Waals surface area contributed by atoms with Gasteiger partial charge in [-0.2, -0.15) is 0 Å². The lowest BCUT2D eigenvalue weighted by Crippen LogP contribution is -2.34. The Morgan fingerprint density at radius 2 is 2.10 bits per heavy atom. The minimum Gasteiger partial charge on any atom is -0.388 e. The molecule has 3 heterocycles. The van der Waals surface area contributed by atoms with Crippen molar-refractivity contribution in [3.8, 4) is 0 Å². The van der Waals surface area contributed by atoms with E-state index in [9.17, 15) is 34.0 Å². The van der Waals surface area contributed by atoms with E-state index < -0.39 is 55.0 Å². The van der Waals surface area contributed by atoms with Gasteiger partial charge in [0.2, 0.25) is 4.77 Å². The van der Waals surface area contributed by atoms with Gasteiger partial charge in [-0.1, -0.05) is 0 Å². The van der Waals surface area contributed by atoms with Gasteiger partial charge in [0.25, 0.3) is 5.56 Å². The largest absolute Gasteiger partial charge is 0.388 e. The molecule has 0 amide bonds. The normalized spacial score (nSPS) is 27.4. The quantitative estimate of drug-likeness (QED) is 0.297. The van der Waals surface area contributed by atoms with Crippen molar-refractivity contribution in [2.75, 3.05) is 0 Å². The first kappa shape index (κ1) is 24.1. The van der Waals surface area contributed by atoms with Gasteiger partial charge in [0.15, 0.2) is 17.4 Å². The van der Waals surface area contributed by atoms with Crippen LogP contribution in [0.4, 0.5) is 4.39 Å². The van der Waals surface area contributed by atoms with Crippen LogP contribution < -0.4 is 5.56 Å². The van der Waals surface area contributed by atoms with Gasteiger partial charge in [0, 0.05) is 18.0 Å². The van der Waals surface area contributed by atoms with Crippen LogP contribution in [0.25, 0.3) is 11.0 Å². The Morgan fingerprint density at radius 3 is 2.71 bits per heavy atom. The molecule has 14 heteroatoms.